The second-order valence-corrected chi connectivity index (χ2v) is 8.34. The molecule has 0 unspecified atom stereocenters. The van der Waals surface area contributed by atoms with E-state index in [2.05, 4.69) is 13.8 Å². The zero-order valence-corrected chi connectivity index (χ0v) is 18.2. The van der Waals surface area contributed by atoms with Gasteiger partial charge in [0, 0.05) is 22.8 Å². The maximum absolute atomic E-state index is 11.5. The third-order valence-corrected chi connectivity index (χ3v) is 5.77. The maximum Gasteiger partial charge on any atom is 0.273 e. The van der Waals surface area contributed by atoms with Crippen LogP contribution in [0.25, 0.3) is 0 Å². The van der Waals surface area contributed by atoms with Gasteiger partial charge in [0.1, 0.15) is 23.9 Å². The molecule has 0 saturated carbocycles. The zero-order chi connectivity index (χ0) is 22.0. The first-order chi connectivity index (χ1) is 14.9. The van der Waals surface area contributed by atoms with Crippen molar-refractivity contribution in [1.82, 2.24) is 0 Å². The zero-order valence-electron chi connectivity index (χ0n) is 18.2. The monoisotopic (exact) mass is 417 g/mol. The summed E-state index contributed by atoms with van der Waals surface area (Å²) in [6.45, 7) is 6.64. The number of hydrogen-bond donors (Lipinski definition) is 0. The smallest absolute Gasteiger partial charge is 0.273 e. The Morgan fingerprint density at radius 3 is 2.48 bits per heavy atom. The normalized spacial score (nSPS) is 12.6. The molecule has 3 aromatic rings. The van der Waals surface area contributed by atoms with Crippen molar-refractivity contribution in [3.8, 4) is 17.2 Å². The lowest BCUT2D eigenvalue weighted by molar-refractivity contribution is -0.385. The number of ether oxygens (including phenoxy) is 2. The second-order valence-electron chi connectivity index (χ2n) is 8.34. The van der Waals surface area contributed by atoms with Crippen molar-refractivity contribution >= 4 is 5.69 Å². The molecule has 160 valence electrons. The summed E-state index contributed by atoms with van der Waals surface area (Å²) in [6.07, 6.45) is 2.45. The predicted octanol–water partition coefficient (Wildman–Crippen LogP) is 6.89. The Morgan fingerprint density at radius 2 is 1.77 bits per heavy atom. The Bertz CT molecular complexity index is 1110. The highest BCUT2D eigenvalue weighted by molar-refractivity contribution is 5.59. The lowest BCUT2D eigenvalue weighted by Crippen LogP contribution is -2.02. The van der Waals surface area contributed by atoms with E-state index in [1.165, 1.54) is 0 Å². The van der Waals surface area contributed by atoms with Crippen LogP contribution in [0.3, 0.4) is 0 Å². The second kappa shape index (κ2) is 8.80. The predicted molar refractivity (Wildman–Crippen MR) is 121 cm³/mol. The van der Waals surface area contributed by atoms with E-state index in [0.717, 1.165) is 64.3 Å². The molecule has 0 N–H and O–H groups in total. The van der Waals surface area contributed by atoms with Crippen molar-refractivity contribution < 1.29 is 14.4 Å². The number of hydrogen-bond acceptors (Lipinski definition) is 4. The van der Waals surface area contributed by atoms with Gasteiger partial charge in [0.15, 0.2) is 0 Å². The van der Waals surface area contributed by atoms with Crippen molar-refractivity contribution in [2.45, 2.75) is 52.6 Å². The van der Waals surface area contributed by atoms with E-state index >= 15 is 0 Å². The van der Waals surface area contributed by atoms with Crippen LogP contribution in [0.5, 0.6) is 17.2 Å². The van der Waals surface area contributed by atoms with Crippen LogP contribution < -0.4 is 9.47 Å². The van der Waals surface area contributed by atoms with Crippen LogP contribution in [-0.4, -0.2) is 4.92 Å². The van der Waals surface area contributed by atoms with Crippen molar-refractivity contribution in [2.75, 3.05) is 0 Å². The highest BCUT2D eigenvalue weighted by Crippen LogP contribution is 2.42. The number of nitro groups is 1. The van der Waals surface area contributed by atoms with Crippen LogP contribution in [0.4, 0.5) is 5.69 Å². The average molecular weight is 418 g/mol. The van der Waals surface area contributed by atoms with E-state index in [9.17, 15) is 10.1 Å². The minimum Gasteiger partial charge on any atom is -0.489 e. The fourth-order valence-corrected chi connectivity index (χ4v) is 4.20. The van der Waals surface area contributed by atoms with Gasteiger partial charge < -0.3 is 9.47 Å². The summed E-state index contributed by atoms with van der Waals surface area (Å²) in [4.78, 5) is 11.2. The molecular weight excluding hydrogens is 390 g/mol. The topological polar surface area (TPSA) is 61.6 Å². The lowest BCUT2D eigenvalue weighted by Gasteiger charge is -2.18. The van der Waals surface area contributed by atoms with E-state index in [1.807, 2.05) is 55.5 Å². The van der Waals surface area contributed by atoms with Crippen LogP contribution in [-0.2, 0) is 19.4 Å². The first-order valence-electron chi connectivity index (χ1n) is 10.7. The standard InChI is InChI=1S/C26H27NO4/c1-17(2)23-15-20(12-13-25(23)30-16-19-8-5-4-6-9-19)31-26-18(3)14-24(27(28)29)21-10-7-11-22(21)26/h4-6,8-9,12-15,17H,7,10-11,16H2,1-3H3. The van der Waals surface area contributed by atoms with E-state index in [1.54, 1.807) is 6.07 Å². The van der Waals surface area contributed by atoms with Crippen LogP contribution in [0.15, 0.2) is 54.6 Å². The van der Waals surface area contributed by atoms with Gasteiger partial charge in [-0.3, -0.25) is 10.1 Å². The van der Waals surface area contributed by atoms with Gasteiger partial charge in [0.25, 0.3) is 5.69 Å². The highest BCUT2D eigenvalue weighted by Gasteiger charge is 2.27. The SMILES string of the molecule is Cc1cc([N+](=O)[O-])c2c(c1Oc1ccc(OCc3ccccc3)c(C(C)C)c1)CCC2. The van der Waals surface area contributed by atoms with Crippen molar-refractivity contribution in [2.24, 2.45) is 0 Å². The number of nitrogens with zero attached hydrogens (tertiary/aromatic N) is 1. The molecule has 0 spiro atoms. The van der Waals surface area contributed by atoms with Gasteiger partial charge in [-0.25, -0.2) is 0 Å². The highest BCUT2D eigenvalue weighted by atomic mass is 16.6. The van der Waals surface area contributed by atoms with E-state index < -0.39 is 0 Å². The van der Waals surface area contributed by atoms with Gasteiger partial charge in [-0.15, -0.1) is 0 Å². The Hall–Kier alpha value is -3.34. The fraction of sp³-hybridized carbons (Fsp3) is 0.308. The van der Waals surface area contributed by atoms with Crippen molar-refractivity contribution in [1.29, 1.82) is 0 Å². The van der Waals surface area contributed by atoms with Crippen LogP contribution in [0, 0.1) is 17.0 Å². The molecule has 0 aromatic heterocycles. The molecule has 0 saturated heterocycles. The van der Waals surface area contributed by atoms with Crippen LogP contribution in [0.2, 0.25) is 0 Å². The van der Waals surface area contributed by atoms with Gasteiger partial charge in [0.05, 0.1) is 4.92 Å². The Kier molecular flexibility index (Phi) is 5.94. The molecule has 3 aromatic carbocycles. The number of benzene rings is 3. The summed E-state index contributed by atoms with van der Waals surface area (Å²) in [7, 11) is 0. The Balaban J connectivity index is 1.62. The van der Waals surface area contributed by atoms with E-state index in [4.69, 9.17) is 9.47 Å². The fourth-order valence-electron chi connectivity index (χ4n) is 4.20. The Labute approximate surface area is 182 Å². The molecule has 31 heavy (non-hydrogen) atoms. The van der Waals surface area contributed by atoms with Gasteiger partial charge in [0.2, 0.25) is 0 Å². The molecule has 0 amide bonds. The molecule has 4 rings (SSSR count). The van der Waals surface area contributed by atoms with E-state index in [0.29, 0.717) is 6.61 Å². The summed E-state index contributed by atoms with van der Waals surface area (Å²) >= 11 is 0. The quantitative estimate of drug-likeness (QED) is 0.310. The number of nitro benzene ring substituents is 1. The van der Waals surface area contributed by atoms with Gasteiger partial charge in [-0.1, -0.05) is 44.2 Å². The summed E-state index contributed by atoms with van der Waals surface area (Å²) in [6, 6.07) is 17.6. The maximum atomic E-state index is 11.5. The third kappa shape index (κ3) is 4.41. The molecule has 0 atom stereocenters. The molecule has 1 aliphatic carbocycles. The minimum atomic E-state index is -0.281. The van der Waals surface area contributed by atoms with Crippen LogP contribution in [0.1, 0.15) is 54.0 Å². The summed E-state index contributed by atoms with van der Waals surface area (Å²) in [5.74, 6) is 2.59. The average Bonchev–Trinajstić information content (AvgIpc) is 3.24. The summed E-state index contributed by atoms with van der Waals surface area (Å²) in [5.41, 5.74) is 4.99. The molecule has 5 heteroatoms. The van der Waals surface area contributed by atoms with Crippen molar-refractivity contribution in [3.05, 3.63) is 92.5 Å². The van der Waals surface area contributed by atoms with Gasteiger partial charge >= 0.3 is 0 Å². The molecule has 0 fully saturated rings. The molecule has 5 nitrogen and oxygen atoms in total. The van der Waals surface area contributed by atoms with E-state index in [-0.39, 0.29) is 16.5 Å². The third-order valence-electron chi connectivity index (χ3n) is 5.77. The molecule has 0 aliphatic heterocycles. The molecular formula is C26H27NO4. The Morgan fingerprint density at radius 1 is 1.03 bits per heavy atom. The van der Waals surface area contributed by atoms with Crippen molar-refractivity contribution in [3.63, 3.8) is 0 Å². The minimum absolute atomic E-state index is 0.213. The van der Waals surface area contributed by atoms with Gasteiger partial charge in [-0.05, 0) is 61.4 Å². The molecule has 0 bridgehead atoms. The number of rotatable bonds is 7. The largest absolute Gasteiger partial charge is 0.489 e. The lowest BCUT2D eigenvalue weighted by atomic mass is 10.0. The number of aryl methyl sites for hydroxylation is 1. The summed E-state index contributed by atoms with van der Waals surface area (Å²) in [5, 5.41) is 11.5. The summed E-state index contributed by atoms with van der Waals surface area (Å²) < 4.78 is 12.4. The number of fused-ring (bicyclic) bond motifs is 1. The molecule has 0 radical (unpaired) electrons. The van der Waals surface area contributed by atoms with Gasteiger partial charge in [-0.2, -0.15) is 0 Å². The molecule has 1 aliphatic rings. The molecule has 0 heterocycles. The first-order valence-corrected chi connectivity index (χ1v) is 10.7. The first kappa shape index (κ1) is 20.9. The van der Waals surface area contributed by atoms with Crippen LogP contribution >= 0.6 is 0 Å².